The van der Waals surface area contributed by atoms with E-state index >= 15 is 0 Å². The molecule has 3 rings (SSSR count). The summed E-state index contributed by atoms with van der Waals surface area (Å²) in [5, 5.41) is 3.77. The van der Waals surface area contributed by atoms with Gasteiger partial charge in [-0.1, -0.05) is 23.4 Å². The predicted molar refractivity (Wildman–Crippen MR) is 67.7 cm³/mol. The number of fused-ring (bicyclic) bond motifs is 1. The maximum absolute atomic E-state index is 12.4. The molecule has 1 amide bonds. The normalized spacial score (nSPS) is 14.4. The van der Waals surface area contributed by atoms with E-state index in [9.17, 15) is 4.79 Å². The Morgan fingerprint density at radius 3 is 3.00 bits per heavy atom. The van der Waals surface area contributed by atoms with Gasteiger partial charge in [0.15, 0.2) is 0 Å². The Morgan fingerprint density at radius 1 is 1.39 bits per heavy atom. The summed E-state index contributed by atoms with van der Waals surface area (Å²) in [6.45, 7) is 2.54. The van der Waals surface area contributed by atoms with Crippen LogP contribution < -0.4 is 4.90 Å². The van der Waals surface area contributed by atoms with Gasteiger partial charge in [-0.25, -0.2) is 0 Å². The van der Waals surface area contributed by atoms with Gasteiger partial charge >= 0.3 is 0 Å². The maximum Gasteiger partial charge on any atom is 0.296 e. The molecular formula is C14H14N2O2. The lowest BCUT2D eigenvalue weighted by Gasteiger charge is -2.28. The Labute approximate surface area is 105 Å². The third-order valence-electron chi connectivity index (χ3n) is 3.19. The first-order valence-electron chi connectivity index (χ1n) is 6.09. The van der Waals surface area contributed by atoms with Gasteiger partial charge in [0.05, 0.1) is 5.69 Å². The van der Waals surface area contributed by atoms with Gasteiger partial charge in [-0.3, -0.25) is 4.79 Å². The molecule has 0 N–H and O–H groups in total. The molecule has 1 aromatic carbocycles. The number of rotatable bonds is 1. The summed E-state index contributed by atoms with van der Waals surface area (Å²) in [4.78, 5) is 14.1. The first kappa shape index (κ1) is 11.0. The Morgan fingerprint density at radius 2 is 2.22 bits per heavy atom. The zero-order valence-electron chi connectivity index (χ0n) is 10.2. The lowest BCUT2D eigenvalue weighted by atomic mass is 10.0. The molecule has 1 aliphatic heterocycles. The summed E-state index contributed by atoms with van der Waals surface area (Å²) >= 11 is 0. The summed E-state index contributed by atoms with van der Waals surface area (Å²) < 4.78 is 5.05. The molecule has 0 bridgehead atoms. The van der Waals surface area contributed by atoms with Gasteiger partial charge in [0, 0.05) is 18.3 Å². The summed E-state index contributed by atoms with van der Waals surface area (Å²) in [6.07, 6.45) is 2.01. The number of benzene rings is 1. The van der Waals surface area contributed by atoms with Crippen LogP contribution in [0.5, 0.6) is 0 Å². The smallest absolute Gasteiger partial charge is 0.296 e. The SMILES string of the molecule is Cc1cc(C(=O)N2CCCc3ccccc32)on1. The fourth-order valence-electron chi connectivity index (χ4n) is 2.34. The second-order valence-electron chi connectivity index (χ2n) is 4.52. The number of anilines is 1. The standard InChI is InChI=1S/C14H14N2O2/c1-10-9-13(18-15-10)14(17)16-8-4-6-11-5-2-3-7-12(11)16/h2-3,5,7,9H,4,6,8H2,1H3. The van der Waals surface area contributed by atoms with Crippen LogP contribution in [0, 0.1) is 6.92 Å². The highest BCUT2D eigenvalue weighted by molar-refractivity contribution is 6.04. The van der Waals surface area contributed by atoms with Crippen LogP contribution in [0.2, 0.25) is 0 Å². The fraction of sp³-hybridized carbons (Fsp3) is 0.286. The van der Waals surface area contributed by atoms with Crippen LogP contribution in [0.1, 0.15) is 28.2 Å². The second-order valence-corrected chi connectivity index (χ2v) is 4.52. The zero-order valence-corrected chi connectivity index (χ0v) is 10.2. The quantitative estimate of drug-likeness (QED) is 0.772. The molecule has 0 atom stereocenters. The molecule has 0 saturated carbocycles. The largest absolute Gasteiger partial charge is 0.351 e. The Balaban J connectivity index is 1.96. The van der Waals surface area contributed by atoms with E-state index in [0.717, 1.165) is 30.8 Å². The van der Waals surface area contributed by atoms with E-state index in [1.807, 2.05) is 25.1 Å². The predicted octanol–water partition coefficient (Wildman–Crippen LogP) is 2.58. The number of hydrogen-bond acceptors (Lipinski definition) is 3. The fourth-order valence-corrected chi connectivity index (χ4v) is 2.34. The van der Waals surface area contributed by atoms with Crippen molar-refractivity contribution in [3.63, 3.8) is 0 Å². The average molecular weight is 242 g/mol. The molecule has 4 nitrogen and oxygen atoms in total. The molecule has 1 aliphatic rings. The zero-order chi connectivity index (χ0) is 12.5. The van der Waals surface area contributed by atoms with Gasteiger partial charge in [0.1, 0.15) is 0 Å². The van der Waals surface area contributed by atoms with E-state index in [0.29, 0.717) is 5.76 Å². The lowest BCUT2D eigenvalue weighted by molar-refractivity contribution is 0.0949. The van der Waals surface area contributed by atoms with Crippen LogP contribution in [0.3, 0.4) is 0 Å². The van der Waals surface area contributed by atoms with Crippen LogP contribution >= 0.6 is 0 Å². The molecule has 4 heteroatoms. The van der Waals surface area contributed by atoms with E-state index in [2.05, 4.69) is 11.2 Å². The summed E-state index contributed by atoms with van der Waals surface area (Å²) in [5.41, 5.74) is 2.93. The van der Waals surface area contributed by atoms with Crippen LogP contribution in [0.4, 0.5) is 5.69 Å². The number of hydrogen-bond donors (Lipinski definition) is 0. The second kappa shape index (κ2) is 4.29. The Kier molecular flexibility index (Phi) is 2.63. The minimum atomic E-state index is -0.109. The van der Waals surface area contributed by atoms with E-state index < -0.39 is 0 Å². The molecule has 18 heavy (non-hydrogen) atoms. The maximum atomic E-state index is 12.4. The van der Waals surface area contributed by atoms with Crippen molar-refractivity contribution in [2.45, 2.75) is 19.8 Å². The lowest BCUT2D eigenvalue weighted by Crippen LogP contribution is -2.35. The van der Waals surface area contributed by atoms with Gasteiger partial charge in [0.2, 0.25) is 5.76 Å². The van der Waals surface area contributed by atoms with Gasteiger partial charge in [0.25, 0.3) is 5.91 Å². The van der Waals surface area contributed by atoms with Crippen molar-refractivity contribution in [3.8, 4) is 0 Å². The number of aryl methyl sites for hydroxylation is 2. The molecule has 92 valence electrons. The van der Waals surface area contributed by atoms with Crippen LogP contribution in [-0.2, 0) is 6.42 Å². The highest BCUT2D eigenvalue weighted by Gasteiger charge is 2.25. The molecule has 0 radical (unpaired) electrons. The molecule has 0 spiro atoms. The number of aromatic nitrogens is 1. The van der Waals surface area contributed by atoms with Crippen molar-refractivity contribution in [1.29, 1.82) is 0 Å². The third kappa shape index (κ3) is 1.79. The minimum Gasteiger partial charge on any atom is -0.351 e. The molecule has 2 aromatic rings. The first-order valence-corrected chi connectivity index (χ1v) is 6.09. The van der Waals surface area contributed by atoms with Gasteiger partial charge in [-0.2, -0.15) is 0 Å². The number of amides is 1. The van der Waals surface area contributed by atoms with Gasteiger partial charge in [-0.05, 0) is 31.4 Å². The number of carbonyl (C=O) groups is 1. The van der Waals surface area contributed by atoms with E-state index in [1.165, 1.54) is 5.56 Å². The summed E-state index contributed by atoms with van der Waals surface area (Å²) in [6, 6.07) is 9.69. The van der Waals surface area contributed by atoms with E-state index in [4.69, 9.17) is 4.52 Å². The topological polar surface area (TPSA) is 46.3 Å². The Bertz CT molecular complexity index is 589. The molecule has 0 saturated heterocycles. The van der Waals surface area contributed by atoms with E-state index in [1.54, 1.807) is 11.0 Å². The van der Waals surface area contributed by atoms with Crippen molar-refractivity contribution >= 4 is 11.6 Å². The third-order valence-corrected chi connectivity index (χ3v) is 3.19. The minimum absolute atomic E-state index is 0.109. The molecule has 0 unspecified atom stereocenters. The van der Waals surface area contributed by atoms with Gasteiger partial charge < -0.3 is 9.42 Å². The van der Waals surface area contributed by atoms with Crippen LogP contribution in [0.25, 0.3) is 0 Å². The first-order chi connectivity index (χ1) is 8.75. The van der Waals surface area contributed by atoms with Crippen molar-refractivity contribution in [3.05, 3.63) is 47.3 Å². The molecule has 2 heterocycles. The molecule has 0 fully saturated rings. The van der Waals surface area contributed by atoms with Crippen molar-refractivity contribution < 1.29 is 9.32 Å². The van der Waals surface area contributed by atoms with Crippen molar-refractivity contribution in [2.75, 3.05) is 11.4 Å². The highest BCUT2D eigenvalue weighted by atomic mass is 16.5. The molecule has 1 aromatic heterocycles. The van der Waals surface area contributed by atoms with Gasteiger partial charge in [-0.15, -0.1) is 0 Å². The highest BCUT2D eigenvalue weighted by Crippen LogP contribution is 2.28. The van der Waals surface area contributed by atoms with Crippen LogP contribution in [-0.4, -0.2) is 17.6 Å². The van der Waals surface area contributed by atoms with E-state index in [-0.39, 0.29) is 5.91 Å². The number of nitrogens with zero attached hydrogens (tertiary/aromatic N) is 2. The summed E-state index contributed by atoms with van der Waals surface area (Å²) in [5.74, 6) is 0.201. The Hall–Kier alpha value is -2.10. The number of para-hydroxylation sites is 1. The van der Waals surface area contributed by atoms with Crippen molar-refractivity contribution in [2.24, 2.45) is 0 Å². The molecule has 0 aliphatic carbocycles. The monoisotopic (exact) mass is 242 g/mol. The average Bonchev–Trinajstić information content (AvgIpc) is 2.84. The van der Waals surface area contributed by atoms with Crippen molar-refractivity contribution in [1.82, 2.24) is 5.16 Å². The summed E-state index contributed by atoms with van der Waals surface area (Å²) in [7, 11) is 0. The van der Waals surface area contributed by atoms with Crippen LogP contribution in [0.15, 0.2) is 34.9 Å². The molecular weight excluding hydrogens is 228 g/mol. The number of carbonyl (C=O) groups excluding carboxylic acids is 1.